The lowest BCUT2D eigenvalue weighted by Crippen LogP contribution is -2.61. The van der Waals surface area contributed by atoms with Crippen LogP contribution < -0.4 is 5.32 Å². The summed E-state index contributed by atoms with van der Waals surface area (Å²) in [6, 6.07) is -0.859. The third-order valence-electron chi connectivity index (χ3n) is 15.1. The van der Waals surface area contributed by atoms with Crippen LogP contribution in [-0.4, -0.2) is 95.4 Å². The Labute approximate surface area is 449 Å². The van der Waals surface area contributed by atoms with Crippen molar-refractivity contribution in [1.29, 1.82) is 0 Å². The Morgan fingerprint density at radius 2 is 0.877 bits per heavy atom. The van der Waals surface area contributed by atoms with Crippen molar-refractivity contribution in [1.82, 2.24) is 5.32 Å². The van der Waals surface area contributed by atoms with Crippen LogP contribution in [0.2, 0.25) is 0 Å². The molecule has 0 aromatic heterocycles. The maximum absolute atomic E-state index is 13.2. The number of nitrogens with one attached hydrogen (secondary N) is 1. The van der Waals surface area contributed by atoms with Crippen LogP contribution >= 0.6 is 0 Å². The van der Waals surface area contributed by atoms with Gasteiger partial charge in [0, 0.05) is 6.42 Å². The predicted octanol–water partition coefficient (Wildman–Crippen LogP) is 15.0. The molecule has 1 amide bonds. The summed E-state index contributed by atoms with van der Waals surface area (Å²) < 4.78 is 48.0. The summed E-state index contributed by atoms with van der Waals surface area (Å²) in [6.07, 6.45) is 52.2. The fraction of sp³-hybridized carbons (Fsp3) is 0.950. The third-order valence-corrected chi connectivity index (χ3v) is 15.5. The minimum absolute atomic E-state index is 0.228. The van der Waals surface area contributed by atoms with Gasteiger partial charge in [-0.3, -0.25) is 9.35 Å². The Kier molecular flexibility index (Phi) is 48.2. The molecule has 1 rings (SSSR count). The summed E-state index contributed by atoms with van der Waals surface area (Å²) in [5.74, 6) is -0.228. The summed E-state index contributed by atoms with van der Waals surface area (Å²) in [6.45, 7) is 3.51. The van der Waals surface area contributed by atoms with Crippen molar-refractivity contribution in [3.63, 3.8) is 0 Å². The standard InChI is InChI=1S/C60H117NO11S/c1-3-5-7-9-11-13-15-17-19-21-23-25-27-29-31-33-35-37-39-41-43-45-47-49-54(63)53(52-70-60-58(66)59(72-73(67,68)69)57(65)55(51-62)71-60)61-56(64)50-48-46-44-42-40-38-36-34-32-30-28-26-24-22-20-18-16-14-12-10-8-6-4-2/h30,32,53-55,57-60,62-63,65-66H,3-29,31,33-52H2,1-2H3,(H,61,64)(H,67,68,69)/b32-30-. The first-order chi connectivity index (χ1) is 35.5. The van der Waals surface area contributed by atoms with Gasteiger partial charge in [0.2, 0.25) is 5.91 Å². The average molecular weight is 1060 g/mol. The van der Waals surface area contributed by atoms with E-state index in [0.29, 0.717) is 12.8 Å². The van der Waals surface area contributed by atoms with Crippen LogP contribution in [0.15, 0.2) is 12.2 Å². The third kappa shape index (κ3) is 42.5. The van der Waals surface area contributed by atoms with E-state index in [9.17, 15) is 38.2 Å². The molecular formula is C60H117NO11S. The molecule has 6 N–H and O–H groups in total. The average Bonchev–Trinajstić information content (AvgIpc) is 3.37. The summed E-state index contributed by atoms with van der Waals surface area (Å²) in [4.78, 5) is 13.2. The van der Waals surface area contributed by atoms with Crippen molar-refractivity contribution in [2.45, 2.75) is 352 Å². The molecule has 0 radical (unpaired) electrons. The maximum Gasteiger partial charge on any atom is 0.397 e. The van der Waals surface area contributed by atoms with Gasteiger partial charge in [0.1, 0.15) is 24.4 Å². The minimum Gasteiger partial charge on any atom is -0.394 e. The number of amides is 1. The van der Waals surface area contributed by atoms with Crippen LogP contribution in [-0.2, 0) is 28.9 Å². The quantitative estimate of drug-likeness (QED) is 0.0193. The van der Waals surface area contributed by atoms with Gasteiger partial charge < -0.3 is 35.2 Å². The SMILES string of the molecule is CCCCCCCCCCCCCC/C=C\CCCCCCCCCC(=O)NC(COC1OC(CO)C(O)C(OS(=O)(=O)O)C1O)C(O)CCCCCCCCCCCCCCCCCCCCCCCCC. The Balaban J connectivity index is 2.32. The topological polar surface area (TPSA) is 192 Å². The fourth-order valence-electron chi connectivity index (χ4n) is 10.3. The number of hydrogen-bond acceptors (Lipinski definition) is 10. The van der Waals surface area contributed by atoms with Crippen LogP contribution in [0.3, 0.4) is 0 Å². The first-order valence-electron chi connectivity index (χ1n) is 31.1. The van der Waals surface area contributed by atoms with Crippen LogP contribution in [0, 0.1) is 0 Å². The number of rotatable bonds is 55. The normalized spacial score (nSPS) is 19.2. The largest absolute Gasteiger partial charge is 0.397 e. The highest BCUT2D eigenvalue weighted by Gasteiger charge is 2.48. The number of aliphatic hydroxyl groups excluding tert-OH is 4. The number of aliphatic hydroxyl groups is 4. The van der Waals surface area contributed by atoms with Gasteiger partial charge in [-0.1, -0.05) is 276 Å². The van der Waals surface area contributed by atoms with E-state index in [1.165, 1.54) is 225 Å². The summed E-state index contributed by atoms with van der Waals surface area (Å²) >= 11 is 0. The Morgan fingerprint density at radius 1 is 0.534 bits per heavy atom. The molecule has 7 unspecified atom stereocenters. The molecule has 73 heavy (non-hydrogen) atoms. The maximum atomic E-state index is 13.2. The molecule has 12 nitrogen and oxygen atoms in total. The van der Waals surface area contributed by atoms with Crippen molar-refractivity contribution >= 4 is 16.3 Å². The summed E-state index contributed by atoms with van der Waals surface area (Å²) in [7, 11) is -5.08. The molecule has 0 aromatic rings. The number of unbranched alkanes of at least 4 members (excludes halogenated alkanes) is 41. The molecule has 1 fully saturated rings. The van der Waals surface area contributed by atoms with E-state index < -0.39 is 59.9 Å². The first kappa shape index (κ1) is 69.9. The lowest BCUT2D eigenvalue weighted by Gasteiger charge is -2.41. The smallest absolute Gasteiger partial charge is 0.394 e. The first-order valence-corrected chi connectivity index (χ1v) is 32.4. The highest BCUT2D eigenvalue weighted by Crippen LogP contribution is 2.26. The molecule has 434 valence electrons. The Hall–Kier alpha value is -1.16. The van der Waals surface area contributed by atoms with E-state index in [1.807, 2.05) is 0 Å². The molecule has 0 saturated carbocycles. The summed E-state index contributed by atoms with van der Waals surface area (Å²) in [5.41, 5.74) is 0. The summed E-state index contributed by atoms with van der Waals surface area (Å²) in [5, 5.41) is 45.2. The van der Waals surface area contributed by atoms with Gasteiger partial charge in [-0.2, -0.15) is 8.42 Å². The van der Waals surface area contributed by atoms with E-state index in [2.05, 4.69) is 35.5 Å². The molecule has 0 aliphatic carbocycles. The highest BCUT2D eigenvalue weighted by molar-refractivity contribution is 7.80. The van der Waals surface area contributed by atoms with Gasteiger partial charge in [0.05, 0.1) is 25.4 Å². The second-order valence-electron chi connectivity index (χ2n) is 22.0. The number of carbonyl (C=O) groups is 1. The lowest BCUT2D eigenvalue weighted by molar-refractivity contribution is -0.298. The zero-order valence-electron chi connectivity index (χ0n) is 47.2. The van der Waals surface area contributed by atoms with Crippen molar-refractivity contribution in [3.8, 4) is 0 Å². The van der Waals surface area contributed by atoms with E-state index in [1.54, 1.807) is 0 Å². The molecule has 0 bridgehead atoms. The number of hydrogen-bond donors (Lipinski definition) is 6. The second kappa shape index (κ2) is 50.4. The van der Waals surface area contributed by atoms with Crippen molar-refractivity contribution in [3.05, 3.63) is 12.2 Å². The van der Waals surface area contributed by atoms with Crippen LogP contribution in [0.4, 0.5) is 0 Å². The van der Waals surface area contributed by atoms with Gasteiger partial charge in [-0.05, 0) is 38.5 Å². The van der Waals surface area contributed by atoms with Crippen molar-refractivity contribution in [2.75, 3.05) is 13.2 Å². The van der Waals surface area contributed by atoms with Crippen molar-refractivity contribution < 1.29 is 51.8 Å². The Morgan fingerprint density at radius 3 is 1.23 bits per heavy atom. The molecule has 13 heteroatoms. The molecule has 1 aliphatic rings. The predicted molar refractivity (Wildman–Crippen MR) is 301 cm³/mol. The number of carbonyl (C=O) groups excluding carboxylic acids is 1. The second-order valence-corrected chi connectivity index (χ2v) is 23.0. The molecule has 0 aromatic carbocycles. The Bertz CT molecular complexity index is 1340. The van der Waals surface area contributed by atoms with E-state index in [0.717, 1.165) is 51.4 Å². The minimum atomic E-state index is -5.08. The highest BCUT2D eigenvalue weighted by atomic mass is 32.3. The van der Waals surface area contributed by atoms with E-state index >= 15 is 0 Å². The monoisotopic (exact) mass is 1060 g/mol. The fourth-order valence-corrected chi connectivity index (χ4v) is 10.8. The molecule has 1 aliphatic heterocycles. The lowest BCUT2D eigenvalue weighted by atomic mass is 9.99. The van der Waals surface area contributed by atoms with Gasteiger partial charge >= 0.3 is 10.4 Å². The van der Waals surface area contributed by atoms with Crippen molar-refractivity contribution in [2.24, 2.45) is 0 Å². The van der Waals surface area contributed by atoms with Gasteiger partial charge in [-0.25, -0.2) is 4.18 Å². The zero-order valence-corrected chi connectivity index (χ0v) is 48.0. The molecule has 1 saturated heterocycles. The zero-order chi connectivity index (χ0) is 53.3. The van der Waals surface area contributed by atoms with E-state index in [4.69, 9.17) is 9.47 Å². The van der Waals surface area contributed by atoms with Crippen LogP contribution in [0.1, 0.15) is 309 Å². The van der Waals surface area contributed by atoms with Gasteiger partial charge in [-0.15, -0.1) is 0 Å². The van der Waals surface area contributed by atoms with Crippen LogP contribution in [0.25, 0.3) is 0 Å². The molecule has 0 spiro atoms. The molecular weight excluding hydrogens is 943 g/mol. The molecule has 7 atom stereocenters. The number of allylic oxidation sites excluding steroid dienone is 2. The number of ether oxygens (including phenoxy) is 2. The van der Waals surface area contributed by atoms with Gasteiger partial charge in [0.25, 0.3) is 0 Å². The van der Waals surface area contributed by atoms with Gasteiger partial charge in [0.15, 0.2) is 6.29 Å². The van der Waals surface area contributed by atoms with Crippen LogP contribution in [0.5, 0.6) is 0 Å². The van der Waals surface area contributed by atoms with E-state index in [-0.39, 0.29) is 18.9 Å². The molecule has 1 heterocycles.